The minimum Gasteiger partial charge on any atom is -0.496 e. The molecular formula is C21H18ClFN4O2. The molecule has 1 aliphatic rings. The van der Waals surface area contributed by atoms with Gasteiger partial charge in [0.25, 0.3) is 0 Å². The largest absolute Gasteiger partial charge is 0.496 e. The van der Waals surface area contributed by atoms with Crippen molar-refractivity contribution < 1.29 is 13.9 Å². The Morgan fingerprint density at radius 1 is 1.34 bits per heavy atom. The molecule has 0 spiro atoms. The number of benzene rings is 2. The number of nitrogens with zero attached hydrogens (tertiary/aromatic N) is 3. The Balaban J connectivity index is 1.64. The average Bonchev–Trinajstić information content (AvgIpc) is 2.70. The van der Waals surface area contributed by atoms with Crippen LogP contribution in [0.2, 0.25) is 5.02 Å². The van der Waals surface area contributed by atoms with Crippen LogP contribution in [0.5, 0.6) is 5.75 Å². The maximum absolute atomic E-state index is 13.3. The first-order chi connectivity index (χ1) is 14.1. The molecule has 8 heteroatoms. The number of carbonyl (C=O) groups excluding carboxylic acids is 1. The van der Waals surface area contributed by atoms with E-state index in [2.05, 4.69) is 20.2 Å². The standard InChI is InChI=1S/C21H18ClFN4O2/c1-29-20-11-18-13(9-15(20)19-5-7-27(19)6-2-8-28)12-24-21(26-18)25-14-3-4-17(23)16(22)10-14/h2-4,6,8-12,19H,5,7H2,1H3,(H,24,25,26). The fourth-order valence-electron chi connectivity index (χ4n) is 3.34. The topological polar surface area (TPSA) is 67.3 Å². The third kappa shape index (κ3) is 3.86. The number of halogens is 2. The van der Waals surface area contributed by atoms with Crippen molar-refractivity contribution in [2.24, 2.45) is 0 Å². The number of hydrogen-bond acceptors (Lipinski definition) is 6. The molecule has 1 atom stereocenters. The van der Waals surface area contributed by atoms with Crippen molar-refractivity contribution in [3.05, 3.63) is 65.2 Å². The van der Waals surface area contributed by atoms with Crippen LogP contribution in [0.3, 0.4) is 0 Å². The van der Waals surface area contributed by atoms with Crippen molar-refractivity contribution in [1.82, 2.24) is 14.9 Å². The van der Waals surface area contributed by atoms with Crippen LogP contribution in [-0.2, 0) is 4.79 Å². The molecule has 3 aromatic rings. The van der Waals surface area contributed by atoms with Crippen LogP contribution in [0.15, 0.2) is 48.8 Å². The first-order valence-corrected chi connectivity index (χ1v) is 9.41. The second kappa shape index (κ2) is 8.05. The van der Waals surface area contributed by atoms with Crippen molar-refractivity contribution in [1.29, 1.82) is 0 Å². The Labute approximate surface area is 172 Å². The summed E-state index contributed by atoms with van der Waals surface area (Å²) in [5, 5.41) is 3.92. The molecular weight excluding hydrogens is 395 g/mol. The van der Waals surface area contributed by atoms with E-state index in [0.29, 0.717) is 17.2 Å². The van der Waals surface area contributed by atoms with Gasteiger partial charge in [-0.25, -0.2) is 14.4 Å². The molecule has 1 aliphatic heterocycles. The summed E-state index contributed by atoms with van der Waals surface area (Å²) in [6.45, 7) is 0.885. The Bertz CT molecular complexity index is 1110. The van der Waals surface area contributed by atoms with Gasteiger partial charge in [0, 0.05) is 41.6 Å². The van der Waals surface area contributed by atoms with E-state index in [4.69, 9.17) is 16.3 Å². The molecule has 1 aromatic heterocycles. The smallest absolute Gasteiger partial charge is 0.227 e. The molecule has 0 amide bonds. The van der Waals surface area contributed by atoms with Gasteiger partial charge < -0.3 is 15.0 Å². The fourth-order valence-corrected chi connectivity index (χ4v) is 3.52. The molecule has 2 aromatic carbocycles. The molecule has 29 heavy (non-hydrogen) atoms. The molecule has 0 radical (unpaired) electrons. The number of anilines is 2. The minimum atomic E-state index is -0.484. The van der Waals surface area contributed by atoms with E-state index < -0.39 is 5.82 Å². The maximum atomic E-state index is 13.3. The van der Waals surface area contributed by atoms with Crippen LogP contribution in [0.25, 0.3) is 10.9 Å². The molecule has 0 bridgehead atoms. The van der Waals surface area contributed by atoms with Crippen LogP contribution in [0.4, 0.5) is 16.0 Å². The average molecular weight is 413 g/mol. The molecule has 0 aliphatic carbocycles. The lowest BCUT2D eigenvalue weighted by molar-refractivity contribution is -0.104. The number of hydrogen-bond donors (Lipinski definition) is 1. The summed E-state index contributed by atoms with van der Waals surface area (Å²) in [7, 11) is 1.62. The quantitative estimate of drug-likeness (QED) is 0.470. The van der Waals surface area contributed by atoms with Crippen molar-refractivity contribution >= 4 is 40.4 Å². The summed E-state index contributed by atoms with van der Waals surface area (Å²) in [4.78, 5) is 21.6. The summed E-state index contributed by atoms with van der Waals surface area (Å²) in [6.07, 6.45) is 6.74. The third-order valence-corrected chi connectivity index (χ3v) is 5.17. The number of aromatic nitrogens is 2. The number of methoxy groups -OCH3 is 1. The van der Waals surface area contributed by atoms with E-state index in [9.17, 15) is 9.18 Å². The van der Waals surface area contributed by atoms with Crippen LogP contribution in [-0.4, -0.2) is 34.8 Å². The van der Waals surface area contributed by atoms with E-state index in [1.165, 1.54) is 18.2 Å². The van der Waals surface area contributed by atoms with Crippen LogP contribution >= 0.6 is 11.6 Å². The highest BCUT2D eigenvalue weighted by Gasteiger charge is 2.29. The van der Waals surface area contributed by atoms with E-state index in [1.54, 1.807) is 25.6 Å². The molecule has 148 valence electrons. The summed E-state index contributed by atoms with van der Waals surface area (Å²) in [5.41, 5.74) is 2.33. The van der Waals surface area contributed by atoms with Gasteiger partial charge in [-0.05, 0) is 36.8 Å². The monoisotopic (exact) mass is 412 g/mol. The number of allylic oxidation sites excluding steroid dienone is 1. The second-order valence-corrected chi connectivity index (χ2v) is 7.03. The van der Waals surface area contributed by atoms with E-state index >= 15 is 0 Å². The zero-order valence-corrected chi connectivity index (χ0v) is 16.4. The van der Waals surface area contributed by atoms with Crippen LogP contribution in [0, 0.1) is 5.82 Å². The zero-order chi connectivity index (χ0) is 20.4. The van der Waals surface area contributed by atoms with Crippen molar-refractivity contribution in [3.63, 3.8) is 0 Å². The van der Waals surface area contributed by atoms with Gasteiger partial charge in [0.05, 0.1) is 23.7 Å². The second-order valence-electron chi connectivity index (χ2n) is 6.62. The van der Waals surface area contributed by atoms with E-state index in [1.807, 2.05) is 12.1 Å². The van der Waals surface area contributed by atoms with Crippen molar-refractivity contribution in [2.45, 2.75) is 12.5 Å². The number of nitrogens with one attached hydrogen (secondary N) is 1. The van der Waals surface area contributed by atoms with Gasteiger partial charge in [-0.15, -0.1) is 0 Å². The molecule has 1 N–H and O–H groups in total. The molecule has 0 saturated carbocycles. The first-order valence-electron chi connectivity index (χ1n) is 9.03. The Hall–Kier alpha value is -3.19. The van der Waals surface area contributed by atoms with Gasteiger partial charge >= 0.3 is 0 Å². The minimum absolute atomic E-state index is 0.0239. The Kier molecular flexibility index (Phi) is 5.31. The number of rotatable bonds is 6. The number of ether oxygens (including phenoxy) is 1. The number of fused-ring (bicyclic) bond motifs is 1. The fraction of sp³-hybridized carbons (Fsp3) is 0.190. The predicted octanol–water partition coefficient (Wildman–Crippen LogP) is 4.63. The lowest BCUT2D eigenvalue weighted by atomic mass is 9.93. The molecule has 6 nitrogen and oxygen atoms in total. The van der Waals surface area contributed by atoms with Crippen molar-refractivity contribution in [2.75, 3.05) is 19.0 Å². The third-order valence-electron chi connectivity index (χ3n) is 4.88. The lowest BCUT2D eigenvalue weighted by Crippen LogP contribution is -2.36. The van der Waals surface area contributed by atoms with Gasteiger partial charge in [0.15, 0.2) is 0 Å². The normalized spacial score (nSPS) is 16.1. The van der Waals surface area contributed by atoms with Gasteiger partial charge in [-0.3, -0.25) is 4.79 Å². The number of aldehydes is 1. The summed E-state index contributed by atoms with van der Waals surface area (Å²) in [6, 6.07) is 8.35. The van der Waals surface area contributed by atoms with Gasteiger partial charge in [0.2, 0.25) is 5.95 Å². The summed E-state index contributed by atoms with van der Waals surface area (Å²) in [5.74, 6) is 0.609. The van der Waals surface area contributed by atoms with Gasteiger partial charge in [-0.1, -0.05) is 11.6 Å². The van der Waals surface area contributed by atoms with Gasteiger partial charge in [-0.2, -0.15) is 0 Å². The SMILES string of the molecule is COc1cc2nc(Nc3ccc(F)c(Cl)c3)ncc2cc1C1CCN1C=CC=O. The lowest BCUT2D eigenvalue weighted by Gasteiger charge is -2.41. The molecule has 1 fully saturated rings. The van der Waals surface area contributed by atoms with Gasteiger partial charge in [0.1, 0.15) is 17.9 Å². The van der Waals surface area contributed by atoms with Crippen LogP contribution < -0.4 is 10.1 Å². The predicted molar refractivity (Wildman–Crippen MR) is 110 cm³/mol. The highest BCUT2D eigenvalue weighted by molar-refractivity contribution is 6.31. The highest BCUT2D eigenvalue weighted by atomic mass is 35.5. The van der Waals surface area contributed by atoms with Crippen LogP contribution in [0.1, 0.15) is 18.0 Å². The Morgan fingerprint density at radius 2 is 2.21 bits per heavy atom. The molecule has 1 saturated heterocycles. The highest BCUT2D eigenvalue weighted by Crippen LogP contribution is 2.40. The summed E-state index contributed by atoms with van der Waals surface area (Å²) < 4.78 is 18.9. The van der Waals surface area contributed by atoms with E-state index in [-0.39, 0.29) is 11.1 Å². The first kappa shape index (κ1) is 19.1. The molecule has 1 unspecified atom stereocenters. The Morgan fingerprint density at radius 3 is 2.90 bits per heavy atom. The van der Waals surface area contributed by atoms with Crippen molar-refractivity contribution in [3.8, 4) is 5.75 Å². The molecule has 4 rings (SSSR count). The number of carbonyl (C=O) groups is 1. The maximum Gasteiger partial charge on any atom is 0.227 e. The number of likely N-dealkylation sites (tertiary alicyclic amines) is 1. The summed E-state index contributed by atoms with van der Waals surface area (Å²) >= 11 is 5.82. The van der Waals surface area contributed by atoms with E-state index in [0.717, 1.165) is 36.0 Å². The zero-order valence-electron chi connectivity index (χ0n) is 15.6. The molecule has 2 heterocycles.